The Bertz CT molecular complexity index is 656. The zero-order chi connectivity index (χ0) is 14.5. The first kappa shape index (κ1) is 14.3. The van der Waals surface area contributed by atoms with Gasteiger partial charge in [0.25, 0.3) is 5.91 Å². The molecule has 0 heterocycles. The molecule has 0 atom stereocenters. The molecule has 0 saturated heterocycles. The fraction of sp³-hybridized carbons (Fsp3) is 0.0667. The number of halogens is 1. The van der Waals surface area contributed by atoms with E-state index in [1.54, 1.807) is 19.2 Å². The van der Waals surface area contributed by atoms with Crippen LogP contribution in [0.3, 0.4) is 0 Å². The Labute approximate surface area is 125 Å². The van der Waals surface area contributed by atoms with E-state index in [0.717, 1.165) is 15.6 Å². The van der Waals surface area contributed by atoms with Crippen LogP contribution in [0.2, 0.25) is 0 Å². The van der Waals surface area contributed by atoms with E-state index >= 15 is 0 Å². The van der Waals surface area contributed by atoms with Crippen molar-refractivity contribution in [3.8, 4) is 11.1 Å². The summed E-state index contributed by atoms with van der Waals surface area (Å²) in [7, 11) is 1.55. The minimum Gasteiger partial charge on any atom is -0.355 e. The molecule has 0 radical (unpaired) electrons. The lowest BCUT2D eigenvalue weighted by Crippen LogP contribution is -2.19. The van der Waals surface area contributed by atoms with Crippen molar-refractivity contribution in [2.24, 2.45) is 0 Å². The molecule has 102 valence electrons. The Morgan fingerprint density at radius 1 is 1.15 bits per heavy atom. The SMILES string of the molecule is CNC(=O)c1cc(-c2cccc(Br)c2)ccc1NC=O. The van der Waals surface area contributed by atoms with E-state index in [2.05, 4.69) is 26.6 Å². The van der Waals surface area contributed by atoms with Crippen LogP contribution in [0.4, 0.5) is 5.69 Å². The Hall–Kier alpha value is -2.14. The average molecular weight is 333 g/mol. The normalized spacial score (nSPS) is 9.90. The quantitative estimate of drug-likeness (QED) is 0.845. The first-order valence-corrected chi connectivity index (χ1v) is 6.77. The van der Waals surface area contributed by atoms with Gasteiger partial charge in [0.15, 0.2) is 0 Å². The van der Waals surface area contributed by atoms with Gasteiger partial charge in [-0.25, -0.2) is 0 Å². The van der Waals surface area contributed by atoms with Crippen LogP contribution >= 0.6 is 15.9 Å². The Morgan fingerprint density at radius 2 is 1.90 bits per heavy atom. The highest BCUT2D eigenvalue weighted by atomic mass is 79.9. The first-order chi connectivity index (χ1) is 9.65. The molecule has 0 aliphatic heterocycles. The maximum atomic E-state index is 11.9. The topological polar surface area (TPSA) is 58.2 Å². The summed E-state index contributed by atoms with van der Waals surface area (Å²) in [5, 5.41) is 5.10. The lowest BCUT2D eigenvalue weighted by atomic mass is 10.0. The molecular weight excluding hydrogens is 320 g/mol. The molecule has 2 N–H and O–H groups in total. The van der Waals surface area contributed by atoms with Gasteiger partial charge in [0.05, 0.1) is 11.3 Å². The number of anilines is 1. The van der Waals surface area contributed by atoms with Crippen molar-refractivity contribution in [3.05, 3.63) is 52.5 Å². The summed E-state index contributed by atoms with van der Waals surface area (Å²) in [5.74, 6) is -0.244. The second-order valence-electron chi connectivity index (χ2n) is 4.11. The molecule has 2 amide bonds. The molecule has 0 aliphatic rings. The molecule has 5 heteroatoms. The molecule has 0 fully saturated rings. The zero-order valence-corrected chi connectivity index (χ0v) is 12.4. The molecule has 20 heavy (non-hydrogen) atoms. The highest BCUT2D eigenvalue weighted by Crippen LogP contribution is 2.27. The first-order valence-electron chi connectivity index (χ1n) is 5.98. The molecule has 2 rings (SSSR count). The van der Waals surface area contributed by atoms with Crippen molar-refractivity contribution < 1.29 is 9.59 Å². The summed E-state index contributed by atoms with van der Waals surface area (Å²) >= 11 is 3.42. The van der Waals surface area contributed by atoms with Gasteiger partial charge in [0.2, 0.25) is 6.41 Å². The Balaban J connectivity index is 2.51. The van der Waals surface area contributed by atoms with Crippen LogP contribution < -0.4 is 10.6 Å². The van der Waals surface area contributed by atoms with Gasteiger partial charge >= 0.3 is 0 Å². The molecular formula is C15H13BrN2O2. The number of rotatable bonds is 4. The largest absolute Gasteiger partial charge is 0.355 e. The van der Waals surface area contributed by atoms with Crippen LogP contribution in [-0.2, 0) is 4.79 Å². The van der Waals surface area contributed by atoms with Crippen LogP contribution in [0.15, 0.2) is 46.9 Å². The zero-order valence-electron chi connectivity index (χ0n) is 10.8. The van der Waals surface area contributed by atoms with Crippen molar-refractivity contribution >= 4 is 33.9 Å². The fourth-order valence-corrected chi connectivity index (χ4v) is 2.30. The van der Waals surface area contributed by atoms with Crippen molar-refractivity contribution in [2.75, 3.05) is 12.4 Å². The minimum atomic E-state index is -0.244. The van der Waals surface area contributed by atoms with Gasteiger partial charge in [-0.3, -0.25) is 9.59 Å². The summed E-state index contributed by atoms with van der Waals surface area (Å²) in [4.78, 5) is 22.5. The number of nitrogens with one attached hydrogen (secondary N) is 2. The molecule has 0 aromatic heterocycles. The molecule has 2 aromatic rings. The van der Waals surface area contributed by atoms with Gasteiger partial charge in [0.1, 0.15) is 0 Å². The van der Waals surface area contributed by atoms with Gasteiger partial charge in [-0.15, -0.1) is 0 Å². The van der Waals surface area contributed by atoms with Gasteiger partial charge in [-0.1, -0.05) is 34.1 Å². The summed E-state index contributed by atoms with van der Waals surface area (Å²) < 4.78 is 0.964. The number of benzene rings is 2. The lowest BCUT2D eigenvalue weighted by molar-refractivity contribution is -0.105. The maximum Gasteiger partial charge on any atom is 0.253 e. The molecule has 0 unspecified atom stereocenters. The number of carbonyl (C=O) groups is 2. The smallest absolute Gasteiger partial charge is 0.253 e. The summed E-state index contributed by atoms with van der Waals surface area (Å²) in [6, 6.07) is 13.1. The number of hydrogen-bond acceptors (Lipinski definition) is 2. The van der Waals surface area contributed by atoms with Gasteiger partial charge in [0, 0.05) is 11.5 Å². The van der Waals surface area contributed by atoms with Crippen LogP contribution in [0.1, 0.15) is 10.4 Å². The predicted octanol–water partition coefficient (Wildman–Crippen LogP) is 3.04. The minimum absolute atomic E-state index is 0.244. The predicted molar refractivity (Wildman–Crippen MR) is 82.7 cm³/mol. The van der Waals surface area contributed by atoms with Gasteiger partial charge in [-0.05, 0) is 35.4 Å². The maximum absolute atomic E-state index is 11.9. The Kier molecular flexibility index (Phi) is 4.53. The monoisotopic (exact) mass is 332 g/mol. The fourth-order valence-electron chi connectivity index (χ4n) is 1.90. The molecule has 0 saturated carbocycles. The van der Waals surface area contributed by atoms with Gasteiger partial charge < -0.3 is 10.6 Å². The summed E-state index contributed by atoms with van der Waals surface area (Å²) in [6.45, 7) is 0. The van der Waals surface area contributed by atoms with Crippen LogP contribution in [0, 0.1) is 0 Å². The third kappa shape index (κ3) is 3.05. The molecule has 4 nitrogen and oxygen atoms in total. The van der Waals surface area contributed by atoms with Crippen LogP contribution in [-0.4, -0.2) is 19.4 Å². The van der Waals surface area contributed by atoms with E-state index in [-0.39, 0.29) is 5.91 Å². The van der Waals surface area contributed by atoms with Crippen molar-refractivity contribution in [3.63, 3.8) is 0 Å². The summed E-state index contributed by atoms with van der Waals surface area (Å²) in [5.41, 5.74) is 2.80. The van der Waals surface area contributed by atoms with Crippen molar-refractivity contribution in [2.45, 2.75) is 0 Å². The van der Waals surface area contributed by atoms with E-state index in [4.69, 9.17) is 0 Å². The highest BCUT2D eigenvalue weighted by Gasteiger charge is 2.11. The number of hydrogen-bond donors (Lipinski definition) is 2. The molecule has 0 bridgehead atoms. The van der Waals surface area contributed by atoms with Crippen LogP contribution in [0.25, 0.3) is 11.1 Å². The number of amides is 2. The van der Waals surface area contributed by atoms with E-state index in [1.165, 1.54) is 0 Å². The lowest BCUT2D eigenvalue weighted by Gasteiger charge is -2.10. The highest BCUT2D eigenvalue weighted by molar-refractivity contribution is 9.10. The number of carbonyl (C=O) groups excluding carboxylic acids is 2. The van der Waals surface area contributed by atoms with Crippen molar-refractivity contribution in [1.29, 1.82) is 0 Å². The third-order valence-corrected chi connectivity index (χ3v) is 3.36. The van der Waals surface area contributed by atoms with E-state index in [9.17, 15) is 9.59 Å². The van der Waals surface area contributed by atoms with E-state index in [0.29, 0.717) is 17.7 Å². The second-order valence-corrected chi connectivity index (χ2v) is 5.03. The average Bonchev–Trinajstić information content (AvgIpc) is 2.47. The second kappa shape index (κ2) is 6.34. The molecule has 0 spiro atoms. The summed E-state index contributed by atoms with van der Waals surface area (Å²) in [6.07, 6.45) is 0.556. The van der Waals surface area contributed by atoms with Crippen molar-refractivity contribution in [1.82, 2.24) is 5.32 Å². The third-order valence-electron chi connectivity index (χ3n) is 2.86. The van der Waals surface area contributed by atoms with E-state index in [1.807, 2.05) is 30.3 Å². The standard InChI is InChI=1S/C15H13BrN2O2/c1-17-15(20)13-8-11(5-6-14(13)18-9-19)10-3-2-4-12(16)7-10/h2-9H,1H3,(H,17,20)(H,18,19). The van der Waals surface area contributed by atoms with Gasteiger partial charge in [-0.2, -0.15) is 0 Å². The van der Waals surface area contributed by atoms with Crippen LogP contribution in [0.5, 0.6) is 0 Å². The molecule has 0 aliphatic carbocycles. The molecule has 2 aromatic carbocycles. The Morgan fingerprint density at radius 3 is 2.55 bits per heavy atom. The van der Waals surface area contributed by atoms with E-state index < -0.39 is 0 Å².